The number of aliphatic imine (C=N–C) groups is 1. The Morgan fingerprint density at radius 1 is 1.10 bits per heavy atom. The Bertz CT molecular complexity index is 467. The Kier molecular flexibility index (Phi) is 5.48. The van der Waals surface area contributed by atoms with E-state index in [1.807, 2.05) is 44.1 Å². The molecule has 4 heteroatoms. The molecule has 0 radical (unpaired) electrons. The van der Waals surface area contributed by atoms with Gasteiger partial charge in [0.15, 0.2) is 5.96 Å². The van der Waals surface area contributed by atoms with E-state index in [4.69, 9.17) is 9.73 Å². The van der Waals surface area contributed by atoms with Crippen molar-refractivity contribution in [3.63, 3.8) is 0 Å². The van der Waals surface area contributed by atoms with Gasteiger partial charge in [-0.05, 0) is 31.7 Å². The quantitative estimate of drug-likeness (QED) is 0.630. The predicted octanol–water partition coefficient (Wildman–Crippen LogP) is 2.99. The fraction of sp³-hybridized carbons (Fsp3) is 0.588. The standard InChI is InChI=1S/C17H27N3O/c1-19(2)17(20(3)4)18-13-14-9-5-8-12-16(14)21-15-10-6-7-11-15/h5,8-9,12,15H,6-7,10-11,13H2,1-4H3. The first-order valence-corrected chi connectivity index (χ1v) is 7.71. The second kappa shape index (κ2) is 7.34. The molecule has 0 heterocycles. The molecule has 0 atom stereocenters. The summed E-state index contributed by atoms with van der Waals surface area (Å²) in [6, 6.07) is 8.26. The van der Waals surface area contributed by atoms with Gasteiger partial charge in [-0.1, -0.05) is 18.2 Å². The maximum Gasteiger partial charge on any atom is 0.195 e. The lowest BCUT2D eigenvalue weighted by atomic mass is 10.2. The van der Waals surface area contributed by atoms with Gasteiger partial charge in [-0.25, -0.2) is 4.99 Å². The van der Waals surface area contributed by atoms with Crippen molar-refractivity contribution < 1.29 is 4.74 Å². The SMILES string of the molecule is CN(C)C(=NCc1ccccc1OC1CCCC1)N(C)C. The molecule has 4 nitrogen and oxygen atoms in total. The van der Waals surface area contributed by atoms with E-state index in [1.165, 1.54) is 25.7 Å². The van der Waals surface area contributed by atoms with Crippen molar-refractivity contribution in [1.29, 1.82) is 0 Å². The zero-order chi connectivity index (χ0) is 15.2. The minimum absolute atomic E-state index is 0.386. The molecule has 21 heavy (non-hydrogen) atoms. The van der Waals surface area contributed by atoms with Crippen LogP contribution in [0.2, 0.25) is 0 Å². The van der Waals surface area contributed by atoms with E-state index >= 15 is 0 Å². The van der Waals surface area contributed by atoms with Crippen molar-refractivity contribution >= 4 is 5.96 Å². The van der Waals surface area contributed by atoms with Gasteiger partial charge in [0.25, 0.3) is 0 Å². The van der Waals surface area contributed by atoms with Crippen LogP contribution in [0.3, 0.4) is 0 Å². The summed E-state index contributed by atoms with van der Waals surface area (Å²) < 4.78 is 6.16. The Morgan fingerprint density at radius 3 is 2.33 bits per heavy atom. The third-order valence-corrected chi connectivity index (χ3v) is 3.76. The van der Waals surface area contributed by atoms with E-state index in [1.54, 1.807) is 0 Å². The van der Waals surface area contributed by atoms with E-state index in [-0.39, 0.29) is 0 Å². The first kappa shape index (κ1) is 15.7. The van der Waals surface area contributed by atoms with Crippen LogP contribution in [0.1, 0.15) is 31.2 Å². The number of guanidine groups is 1. The molecule has 0 aromatic heterocycles. The maximum atomic E-state index is 6.16. The van der Waals surface area contributed by atoms with E-state index < -0.39 is 0 Å². The van der Waals surface area contributed by atoms with Gasteiger partial charge in [-0.15, -0.1) is 0 Å². The number of benzene rings is 1. The molecule has 0 saturated heterocycles. The van der Waals surface area contributed by atoms with Crippen molar-refractivity contribution in [3.8, 4) is 5.75 Å². The van der Waals surface area contributed by atoms with Crippen LogP contribution in [0.5, 0.6) is 5.75 Å². The first-order valence-electron chi connectivity index (χ1n) is 7.71. The van der Waals surface area contributed by atoms with Crippen LogP contribution in [-0.4, -0.2) is 50.1 Å². The third kappa shape index (κ3) is 4.38. The van der Waals surface area contributed by atoms with Gasteiger partial charge in [0, 0.05) is 33.8 Å². The molecule has 0 bridgehead atoms. The van der Waals surface area contributed by atoms with Crippen molar-refractivity contribution in [2.24, 2.45) is 4.99 Å². The second-order valence-corrected chi connectivity index (χ2v) is 6.04. The monoisotopic (exact) mass is 289 g/mol. The summed E-state index contributed by atoms with van der Waals surface area (Å²) >= 11 is 0. The average Bonchev–Trinajstić information content (AvgIpc) is 2.93. The van der Waals surface area contributed by atoms with E-state index in [0.29, 0.717) is 12.6 Å². The van der Waals surface area contributed by atoms with Gasteiger partial charge in [-0.3, -0.25) is 0 Å². The van der Waals surface area contributed by atoms with Crippen LogP contribution in [0, 0.1) is 0 Å². The highest BCUT2D eigenvalue weighted by Crippen LogP contribution is 2.27. The van der Waals surface area contributed by atoms with Gasteiger partial charge < -0.3 is 14.5 Å². The summed E-state index contributed by atoms with van der Waals surface area (Å²) in [6.07, 6.45) is 5.32. The minimum Gasteiger partial charge on any atom is -0.490 e. The number of ether oxygens (including phenoxy) is 1. The maximum absolute atomic E-state index is 6.16. The fourth-order valence-corrected chi connectivity index (χ4v) is 2.77. The summed E-state index contributed by atoms with van der Waals surface area (Å²) in [5.74, 6) is 1.95. The Morgan fingerprint density at radius 2 is 1.71 bits per heavy atom. The molecule has 1 saturated carbocycles. The second-order valence-electron chi connectivity index (χ2n) is 6.04. The summed E-state index contributed by atoms with van der Waals surface area (Å²) in [6.45, 7) is 0.647. The van der Waals surface area contributed by atoms with Gasteiger partial charge in [0.05, 0.1) is 12.6 Å². The molecular formula is C17H27N3O. The average molecular weight is 289 g/mol. The highest BCUT2D eigenvalue weighted by molar-refractivity contribution is 5.79. The van der Waals surface area contributed by atoms with Crippen molar-refractivity contribution in [2.45, 2.75) is 38.3 Å². The van der Waals surface area contributed by atoms with E-state index in [0.717, 1.165) is 17.3 Å². The predicted molar refractivity (Wildman–Crippen MR) is 87.8 cm³/mol. The number of hydrogen-bond donors (Lipinski definition) is 0. The summed E-state index contributed by atoms with van der Waals surface area (Å²) in [7, 11) is 8.05. The lowest BCUT2D eigenvalue weighted by Crippen LogP contribution is -2.35. The topological polar surface area (TPSA) is 28.1 Å². The molecule has 1 aromatic rings. The van der Waals surface area contributed by atoms with Gasteiger partial charge >= 0.3 is 0 Å². The van der Waals surface area contributed by atoms with E-state index in [2.05, 4.69) is 18.2 Å². The third-order valence-electron chi connectivity index (χ3n) is 3.76. The largest absolute Gasteiger partial charge is 0.490 e. The Labute approximate surface area is 128 Å². The molecule has 1 aliphatic carbocycles. The molecule has 0 aliphatic heterocycles. The molecule has 0 amide bonds. The molecule has 1 fully saturated rings. The molecule has 1 aliphatic rings. The molecule has 116 valence electrons. The molecule has 0 spiro atoms. The lowest BCUT2D eigenvalue weighted by Gasteiger charge is -2.23. The van der Waals surface area contributed by atoms with Crippen molar-refractivity contribution in [1.82, 2.24) is 9.80 Å². The van der Waals surface area contributed by atoms with E-state index in [9.17, 15) is 0 Å². The number of para-hydroxylation sites is 1. The number of nitrogens with zero attached hydrogens (tertiary/aromatic N) is 3. The zero-order valence-corrected chi connectivity index (χ0v) is 13.7. The van der Waals surface area contributed by atoms with Gasteiger partial charge in [0.1, 0.15) is 5.75 Å². The molecule has 0 N–H and O–H groups in total. The van der Waals surface area contributed by atoms with Crippen LogP contribution >= 0.6 is 0 Å². The number of hydrogen-bond acceptors (Lipinski definition) is 2. The first-order chi connectivity index (χ1) is 10.1. The molecule has 2 rings (SSSR count). The number of rotatable bonds is 4. The van der Waals surface area contributed by atoms with Crippen LogP contribution in [0.25, 0.3) is 0 Å². The zero-order valence-electron chi connectivity index (χ0n) is 13.7. The lowest BCUT2D eigenvalue weighted by molar-refractivity contribution is 0.208. The molecule has 0 unspecified atom stereocenters. The van der Waals surface area contributed by atoms with Crippen LogP contribution in [-0.2, 0) is 6.54 Å². The smallest absolute Gasteiger partial charge is 0.195 e. The van der Waals surface area contributed by atoms with Gasteiger partial charge in [-0.2, -0.15) is 0 Å². The highest BCUT2D eigenvalue weighted by atomic mass is 16.5. The minimum atomic E-state index is 0.386. The Balaban J connectivity index is 2.10. The van der Waals surface area contributed by atoms with Crippen LogP contribution < -0.4 is 4.74 Å². The summed E-state index contributed by atoms with van der Waals surface area (Å²) in [4.78, 5) is 8.77. The fourth-order valence-electron chi connectivity index (χ4n) is 2.77. The Hall–Kier alpha value is -1.71. The highest BCUT2D eigenvalue weighted by Gasteiger charge is 2.17. The molecule has 1 aromatic carbocycles. The van der Waals surface area contributed by atoms with Gasteiger partial charge in [0.2, 0.25) is 0 Å². The van der Waals surface area contributed by atoms with Crippen LogP contribution in [0.15, 0.2) is 29.3 Å². The van der Waals surface area contributed by atoms with Crippen molar-refractivity contribution in [2.75, 3.05) is 28.2 Å². The summed E-state index contributed by atoms with van der Waals surface area (Å²) in [5, 5.41) is 0. The molecular weight excluding hydrogens is 262 g/mol. The summed E-state index contributed by atoms with van der Waals surface area (Å²) in [5.41, 5.74) is 1.16. The van der Waals surface area contributed by atoms with Crippen molar-refractivity contribution in [3.05, 3.63) is 29.8 Å². The van der Waals surface area contributed by atoms with Crippen LogP contribution in [0.4, 0.5) is 0 Å². The normalized spacial score (nSPS) is 14.9.